The second-order valence-corrected chi connectivity index (χ2v) is 12.7. The molecule has 2 aliphatic heterocycles. The molecule has 37 heavy (non-hydrogen) atoms. The summed E-state index contributed by atoms with van der Waals surface area (Å²) >= 11 is 4.93. The zero-order valence-electron chi connectivity index (χ0n) is 21.0. The van der Waals surface area contributed by atoms with Gasteiger partial charge in [0.2, 0.25) is 0 Å². The van der Waals surface area contributed by atoms with Crippen LogP contribution in [0.3, 0.4) is 0 Å². The molecule has 12 heteroatoms. The van der Waals surface area contributed by atoms with Crippen molar-refractivity contribution in [3.05, 3.63) is 40.4 Å². The van der Waals surface area contributed by atoms with Gasteiger partial charge in [-0.1, -0.05) is 17.8 Å². The Morgan fingerprint density at radius 2 is 1.70 bits per heavy atom. The fourth-order valence-corrected chi connectivity index (χ4v) is 8.84. The molecule has 1 amide bonds. The van der Waals surface area contributed by atoms with Crippen LogP contribution in [0.4, 0.5) is 5.69 Å². The van der Waals surface area contributed by atoms with Crippen molar-refractivity contribution in [1.82, 2.24) is 0 Å². The maximum Gasteiger partial charge on any atom is 0.252 e. The number of anilines is 1. The van der Waals surface area contributed by atoms with Gasteiger partial charge in [0.25, 0.3) is 5.91 Å². The predicted octanol–water partition coefficient (Wildman–Crippen LogP) is 4.11. The summed E-state index contributed by atoms with van der Waals surface area (Å²) in [7, 11) is -0.125. The van der Waals surface area contributed by atoms with Crippen LogP contribution in [0.5, 0.6) is 23.0 Å². The number of fused-ring (bicyclic) bond motifs is 1. The number of hydrogen-bond acceptors (Lipinski definition) is 8. The Morgan fingerprint density at radius 3 is 2.35 bits per heavy atom. The van der Waals surface area contributed by atoms with Crippen molar-refractivity contribution in [1.29, 1.82) is 0 Å². The van der Waals surface area contributed by atoms with Gasteiger partial charge >= 0.3 is 0 Å². The van der Waals surface area contributed by atoms with Gasteiger partial charge in [0.15, 0.2) is 38.0 Å². The molecule has 0 bridgehead atoms. The van der Waals surface area contributed by atoms with Gasteiger partial charge in [0, 0.05) is 21.9 Å². The lowest BCUT2D eigenvalue weighted by atomic mass is 10.1. The van der Waals surface area contributed by atoms with E-state index in [0.717, 1.165) is 5.56 Å². The fourth-order valence-electron chi connectivity index (χ4n) is 4.40. The van der Waals surface area contributed by atoms with Gasteiger partial charge in [0.1, 0.15) is 0 Å². The normalized spacial score (nSPS) is 21.1. The highest BCUT2D eigenvalue weighted by molar-refractivity contribution is 9.10. The van der Waals surface area contributed by atoms with Crippen molar-refractivity contribution < 1.29 is 32.2 Å². The SMILES string of the molecule is CCOc1cc(Br)c(N2C(=NC(=O)Cc3ccc(OC)c(OC)c3)S[C@H]3CS(=O)(=O)C[C@H]32)cc1OCC. The number of thioether (sulfide) groups is 1. The number of nitrogens with zero attached hydrogens (tertiary/aromatic N) is 2. The van der Waals surface area contributed by atoms with Crippen LogP contribution in [0.2, 0.25) is 0 Å². The Morgan fingerprint density at radius 1 is 1.03 bits per heavy atom. The molecule has 9 nitrogen and oxygen atoms in total. The van der Waals surface area contributed by atoms with Crippen LogP contribution in [0.1, 0.15) is 19.4 Å². The highest BCUT2D eigenvalue weighted by Crippen LogP contribution is 2.46. The number of aliphatic imine (C=N–C) groups is 1. The highest BCUT2D eigenvalue weighted by Gasteiger charge is 2.50. The minimum atomic E-state index is -3.21. The monoisotopic (exact) mass is 612 g/mol. The summed E-state index contributed by atoms with van der Waals surface area (Å²) in [4.78, 5) is 19.3. The third-order valence-electron chi connectivity index (χ3n) is 5.96. The molecule has 2 aliphatic rings. The van der Waals surface area contributed by atoms with Crippen LogP contribution >= 0.6 is 27.7 Å². The van der Waals surface area contributed by atoms with E-state index in [1.807, 2.05) is 18.7 Å². The molecule has 0 unspecified atom stereocenters. The molecule has 2 fully saturated rings. The number of ether oxygens (including phenoxy) is 4. The maximum absolute atomic E-state index is 13.1. The van der Waals surface area contributed by atoms with E-state index in [1.54, 1.807) is 37.4 Å². The molecule has 2 atom stereocenters. The number of amidine groups is 1. The van der Waals surface area contributed by atoms with Gasteiger partial charge in [-0.05, 0) is 47.5 Å². The van der Waals surface area contributed by atoms with E-state index >= 15 is 0 Å². The summed E-state index contributed by atoms with van der Waals surface area (Å²) in [5, 5.41) is 0.231. The molecule has 200 valence electrons. The summed E-state index contributed by atoms with van der Waals surface area (Å²) in [6.07, 6.45) is 0.0561. The van der Waals surface area contributed by atoms with E-state index in [0.29, 0.717) is 51.5 Å². The first kappa shape index (κ1) is 27.6. The second kappa shape index (κ2) is 11.5. The first-order valence-corrected chi connectivity index (χ1v) is 15.3. The smallest absolute Gasteiger partial charge is 0.252 e. The van der Waals surface area contributed by atoms with Crippen molar-refractivity contribution >= 4 is 54.3 Å². The summed E-state index contributed by atoms with van der Waals surface area (Å²) in [6.45, 7) is 4.66. The Bertz CT molecular complexity index is 1320. The van der Waals surface area contributed by atoms with Gasteiger partial charge in [0.05, 0.1) is 57.1 Å². The Balaban J connectivity index is 1.70. The molecular weight excluding hydrogens is 584 g/mol. The van der Waals surface area contributed by atoms with Crippen LogP contribution in [0.25, 0.3) is 0 Å². The van der Waals surface area contributed by atoms with Gasteiger partial charge in [-0.2, -0.15) is 4.99 Å². The number of hydrogen-bond donors (Lipinski definition) is 0. The number of sulfone groups is 1. The molecule has 4 rings (SSSR count). The zero-order valence-corrected chi connectivity index (χ0v) is 24.2. The highest BCUT2D eigenvalue weighted by atomic mass is 79.9. The molecule has 0 aromatic heterocycles. The maximum atomic E-state index is 13.1. The van der Waals surface area contributed by atoms with Crippen molar-refractivity contribution in [3.8, 4) is 23.0 Å². The summed E-state index contributed by atoms with van der Waals surface area (Å²) in [6, 6.07) is 8.53. The molecule has 2 aromatic carbocycles. The van der Waals surface area contributed by atoms with Crippen molar-refractivity contribution in [2.24, 2.45) is 4.99 Å². The standard InChI is InChI=1S/C25H29BrN2O7S2/c1-5-34-21-11-16(26)17(12-22(21)35-6-2)28-18-13-37(30,31)14-23(18)36-25(28)27-24(29)10-15-7-8-19(32-3)20(9-15)33-4/h7-9,11-12,18,23H,5-6,10,13-14H2,1-4H3/t18-,23+/m1/s1. The Kier molecular flexibility index (Phi) is 8.59. The predicted molar refractivity (Wildman–Crippen MR) is 148 cm³/mol. The van der Waals surface area contributed by atoms with Crippen LogP contribution < -0.4 is 23.8 Å². The van der Waals surface area contributed by atoms with E-state index in [9.17, 15) is 13.2 Å². The first-order valence-electron chi connectivity index (χ1n) is 11.8. The number of rotatable bonds is 9. The zero-order chi connectivity index (χ0) is 26.7. The molecule has 2 saturated heterocycles. The quantitative estimate of drug-likeness (QED) is 0.414. The third-order valence-corrected chi connectivity index (χ3v) is 9.81. The molecule has 0 saturated carbocycles. The van der Waals surface area contributed by atoms with Crippen LogP contribution in [-0.2, 0) is 21.1 Å². The number of benzene rings is 2. The van der Waals surface area contributed by atoms with Crippen molar-refractivity contribution in [2.45, 2.75) is 31.6 Å². The van der Waals surface area contributed by atoms with Gasteiger partial charge in [-0.15, -0.1) is 0 Å². The third kappa shape index (κ3) is 6.01. The van der Waals surface area contributed by atoms with E-state index in [1.165, 1.54) is 18.9 Å². The van der Waals surface area contributed by atoms with Gasteiger partial charge in [-0.25, -0.2) is 8.42 Å². The minimum absolute atomic E-state index is 0.0167. The minimum Gasteiger partial charge on any atom is -0.493 e. The number of carbonyl (C=O) groups is 1. The lowest BCUT2D eigenvalue weighted by molar-refractivity contribution is -0.117. The molecule has 0 aliphatic carbocycles. The molecule has 0 spiro atoms. The molecule has 0 N–H and O–H groups in total. The van der Waals surface area contributed by atoms with E-state index in [4.69, 9.17) is 18.9 Å². The summed E-state index contributed by atoms with van der Waals surface area (Å²) in [5.41, 5.74) is 1.40. The number of halogens is 1. The lowest BCUT2D eigenvalue weighted by Crippen LogP contribution is -2.38. The van der Waals surface area contributed by atoms with E-state index < -0.39 is 9.84 Å². The topological polar surface area (TPSA) is 104 Å². The van der Waals surface area contributed by atoms with Crippen LogP contribution in [0, 0.1) is 0 Å². The summed E-state index contributed by atoms with van der Waals surface area (Å²) in [5.74, 6) is 1.88. The fraction of sp³-hybridized carbons (Fsp3) is 0.440. The van der Waals surface area contributed by atoms with Crippen LogP contribution in [0.15, 0.2) is 39.8 Å². The van der Waals surface area contributed by atoms with Crippen LogP contribution in [-0.4, -0.2) is 69.7 Å². The average molecular weight is 614 g/mol. The van der Waals surface area contributed by atoms with Crippen molar-refractivity contribution in [2.75, 3.05) is 43.8 Å². The van der Waals surface area contributed by atoms with Gasteiger partial charge in [-0.3, -0.25) is 4.79 Å². The summed E-state index contributed by atoms with van der Waals surface area (Å²) < 4.78 is 47.8. The van der Waals surface area contributed by atoms with E-state index in [-0.39, 0.29) is 35.1 Å². The first-order chi connectivity index (χ1) is 17.7. The lowest BCUT2D eigenvalue weighted by Gasteiger charge is -2.27. The molecule has 2 aromatic rings. The number of amides is 1. The molecule has 2 heterocycles. The van der Waals surface area contributed by atoms with E-state index in [2.05, 4.69) is 20.9 Å². The molecular formula is C25H29BrN2O7S2. The Hall–Kier alpha value is -2.44. The molecule has 0 radical (unpaired) electrons. The van der Waals surface area contributed by atoms with Gasteiger partial charge < -0.3 is 23.8 Å². The largest absolute Gasteiger partial charge is 0.493 e. The second-order valence-electron chi connectivity index (χ2n) is 8.44. The number of carbonyl (C=O) groups excluding carboxylic acids is 1. The number of methoxy groups -OCH3 is 2. The van der Waals surface area contributed by atoms with Crippen molar-refractivity contribution in [3.63, 3.8) is 0 Å². The Labute approximate surface area is 229 Å². The average Bonchev–Trinajstić information content (AvgIpc) is 3.31.